The Morgan fingerprint density at radius 1 is 0.947 bits per heavy atom. The molecular weight excluding hydrogens is 481 g/mol. The normalized spacial score (nSPS) is 13.3. The number of aromatic nitrogens is 6. The van der Waals surface area contributed by atoms with Crippen LogP contribution in [0.1, 0.15) is 19.3 Å². The lowest BCUT2D eigenvalue weighted by Crippen LogP contribution is -2.12. The van der Waals surface area contributed by atoms with Crippen molar-refractivity contribution >= 4 is 33.5 Å². The molecule has 38 heavy (non-hydrogen) atoms. The fourth-order valence-electron chi connectivity index (χ4n) is 4.75. The quantitative estimate of drug-likeness (QED) is 0.254. The van der Waals surface area contributed by atoms with Gasteiger partial charge in [0.05, 0.1) is 34.6 Å². The Balaban J connectivity index is 1.25. The molecule has 7 rings (SSSR count). The van der Waals surface area contributed by atoms with E-state index in [1.54, 1.807) is 30.9 Å². The smallest absolute Gasteiger partial charge is 0.224 e. The minimum absolute atomic E-state index is 0.0241. The number of hydrogen-bond donors (Lipinski definition) is 3. The summed E-state index contributed by atoms with van der Waals surface area (Å²) in [6.45, 7) is 0. The first-order valence-electron chi connectivity index (χ1n) is 12.4. The van der Waals surface area contributed by atoms with Crippen molar-refractivity contribution < 1.29 is 9.18 Å². The lowest BCUT2D eigenvalue weighted by atomic mass is 10.0. The van der Waals surface area contributed by atoms with Crippen LogP contribution in [0.3, 0.4) is 0 Å². The number of amides is 1. The molecule has 9 heteroatoms. The first-order valence-corrected chi connectivity index (χ1v) is 12.4. The molecule has 0 bridgehead atoms. The van der Waals surface area contributed by atoms with Gasteiger partial charge >= 0.3 is 0 Å². The fourth-order valence-corrected chi connectivity index (χ4v) is 4.75. The largest absolute Gasteiger partial charge is 0.335 e. The van der Waals surface area contributed by atoms with Gasteiger partial charge < -0.3 is 10.3 Å². The summed E-state index contributed by atoms with van der Waals surface area (Å²) in [5, 5.41) is 11.5. The number of carbonyl (C=O) groups is 1. The molecule has 0 unspecified atom stereocenters. The number of nitrogens with one attached hydrogen (secondary N) is 3. The van der Waals surface area contributed by atoms with Gasteiger partial charge in [0.15, 0.2) is 5.82 Å². The highest BCUT2D eigenvalue weighted by molar-refractivity contribution is 5.98. The second-order valence-corrected chi connectivity index (χ2v) is 9.67. The van der Waals surface area contributed by atoms with E-state index in [2.05, 4.69) is 30.5 Å². The maximum Gasteiger partial charge on any atom is 0.224 e. The van der Waals surface area contributed by atoms with Crippen LogP contribution in [-0.4, -0.2) is 36.0 Å². The molecule has 3 N–H and O–H groups in total. The molecule has 1 amide bonds. The molecule has 1 saturated carbocycles. The predicted molar refractivity (Wildman–Crippen MR) is 144 cm³/mol. The van der Waals surface area contributed by atoms with E-state index in [0.29, 0.717) is 40.6 Å². The number of hydrogen-bond acceptors (Lipinski definition) is 5. The third-order valence-corrected chi connectivity index (χ3v) is 6.84. The van der Waals surface area contributed by atoms with Gasteiger partial charge in [-0.25, -0.2) is 9.37 Å². The number of rotatable bonds is 6. The van der Waals surface area contributed by atoms with E-state index in [0.717, 1.165) is 46.0 Å². The van der Waals surface area contributed by atoms with Gasteiger partial charge in [-0.15, -0.1) is 0 Å². The number of nitrogens with zero attached hydrogens (tertiary/aromatic N) is 4. The van der Waals surface area contributed by atoms with Crippen molar-refractivity contribution in [2.24, 2.45) is 5.92 Å². The molecule has 1 aliphatic rings. The number of pyridine rings is 2. The zero-order chi connectivity index (χ0) is 25.6. The molecule has 4 aromatic heterocycles. The van der Waals surface area contributed by atoms with E-state index in [9.17, 15) is 9.18 Å². The fraction of sp³-hybridized carbons (Fsp3) is 0.138. The highest BCUT2D eigenvalue weighted by Crippen LogP contribution is 2.34. The van der Waals surface area contributed by atoms with E-state index < -0.39 is 0 Å². The van der Waals surface area contributed by atoms with Gasteiger partial charge in [0.1, 0.15) is 11.5 Å². The molecule has 4 heterocycles. The van der Waals surface area contributed by atoms with E-state index in [4.69, 9.17) is 4.98 Å². The first-order chi connectivity index (χ1) is 18.6. The van der Waals surface area contributed by atoms with Gasteiger partial charge in [-0.2, -0.15) is 5.10 Å². The minimum atomic E-state index is -0.317. The van der Waals surface area contributed by atoms with Crippen LogP contribution in [-0.2, 0) is 4.79 Å². The zero-order valence-electron chi connectivity index (χ0n) is 20.2. The van der Waals surface area contributed by atoms with Crippen molar-refractivity contribution in [3.8, 4) is 33.8 Å². The van der Waals surface area contributed by atoms with E-state index >= 15 is 0 Å². The SMILES string of the molecule is O=C(CC1CC1)Nc1cncc(-c2ccc3[nH]nc(-c4nc5c(-c6cccc(F)c6)cncc5[nH]4)c3c2)c1. The summed E-state index contributed by atoms with van der Waals surface area (Å²) in [7, 11) is 0. The molecule has 6 aromatic rings. The maximum absolute atomic E-state index is 13.9. The van der Waals surface area contributed by atoms with E-state index in [1.165, 1.54) is 12.1 Å². The lowest BCUT2D eigenvalue weighted by molar-refractivity contribution is -0.116. The van der Waals surface area contributed by atoms with Crippen LogP contribution in [0.15, 0.2) is 73.3 Å². The van der Waals surface area contributed by atoms with Gasteiger partial charge in [0, 0.05) is 35.3 Å². The van der Waals surface area contributed by atoms with Gasteiger partial charge in [0.2, 0.25) is 5.91 Å². The number of halogens is 1. The molecule has 0 radical (unpaired) electrons. The monoisotopic (exact) mass is 503 g/mol. The maximum atomic E-state index is 13.9. The Morgan fingerprint density at radius 3 is 2.71 bits per heavy atom. The predicted octanol–water partition coefficient (Wildman–Crippen LogP) is 6.11. The zero-order valence-corrected chi connectivity index (χ0v) is 20.2. The first kappa shape index (κ1) is 22.3. The Bertz CT molecular complexity index is 1840. The standard InChI is InChI=1S/C29H22FN7O/c30-20-3-1-2-18(9-20)23-14-32-15-25-27(23)35-29(34-25)28-22-11-17(6-7-24(22)36-37-28)19-10-21(13-31-12-19)33-26(38)8-16-4-5-16/h1-3,6-7,9-16H,4-5,8H2,(H,33,38)(H,34,35)(H,36,37). The number of H-pyrrole nitrogens is 2. The van der Waals surface area contributed by atoms with Crippen LogP contribution >= 0.6 is 0 Å². The molecule has 1 fully saturated rings. The number of aromatic amines is 2. The second-order valence-electron chi connectivity index (χ2n) is 9.67. The summed E-state index contributed by atoms with van der Waals surface area (Å²) in [6, 6.07) is 14.3. The Kier molecular flexibility index (Phi) is 5.21. The van der Waals surface area contributed by atoms with E-state index in [1.807, 2.05) is 30.3 Å². The van der Waals surface area contributed by atoms with Crippen LogP contribution < -0.4 is 5.32 Å². The molecule has 2 aromatic carbocycles. The van der Waals surface area contributed by atoms with Crippen molar-refractivity contribution in [1.82, 2.24) is 30.1 Å². The number of carbonyl (C=O) groups excluding carboxylic acids is 1. The summed E-state index contributed by atoms with van der Waals surface area (Å²) in [5.74, 6) is 0.804. The number of fused-ring (bicyclic) bond motifs is 2. The van der Waals surface area contributed by atoms with Crippen LogP contribution in [0.2, 0.25) is 0 Å². The van der Waals surface area contributed by atoms with Gasteiger partial charge in [-0.05, 0) is 60.2 Å². The molecule has 186 valence electrons. The molecule has 0 aliphatic heterocycles. The molecule has 0 saturated heterocycles. The highest BCUT2D eigenvalue weighted by atomic mass is 19.1. The number of imidazole rings is 1. The van der Waals surface area contributed by atoms with Crippen molar-refractivity contribution in [2.75, 3.05) is 5.32 Å². The van der Waals surface area contributed by atoms with Crippen molar-refractivity contribution in [2.45, 2.75) is 19.3 Å². The summed E-state index contributed by atoms with van der Waals surface area (Å²) < 4.78 is 13.9. The molecular formula is C29H22FN7O. The van der Waals surface area contributed by atoms with Crippen LogP contribution in [0.5, 0.6) is 0 Å². The Morgan fingerprint density at radius 2 is 1.84 bits per heavy atom. The Hall–Kier alpha value is -4.92. The molecule has 1 aliphatic carbocycles. The highest BCUT2D eigenvalue weighted by Gasteiger charge is 2.24. The van der Waals surface area contributed by atoms with Crippen LogP contribution in [0.4, 0.5) is 10.1 Å². The summed E-state index contributed by atoms with van der Waals surface area (Å²) in [6.07, 6.45) is 9.64. The minimum Gasteiger partial charge on any atom is -0.335 e. The van der Waals surface area contributed by atoms with Crippen molar-refractivity contribution in [3.63, 3.8) is 0 Å². The number of benzene rings is 2. The Labute approximate surface area is 216 Å². The number of anilines is 1. The lowest BCUT2D eigenvalue weighted by Gasteiger charge is -2.07. The third-order valence-electron chi connectivity index (χ3n) is 6.84. The van der Waals surface area contributed by atoms with Crippen LogP contribution in [0.25, 0.3) is 55.7 Å². The average Bonchev–Trinajstić information content (AvgIpc) is 3.46. The van der Waals surface area contributed by atoms with Gasteiger partial charge in [-0.3, -0.25) is 19.9 Å². The van der Waals surface area contributed by atoms with Crippen molar-refractivity contribution in [3.05, 3.63) is 79.1 Å². The van der Waals surface area contributed by atoms with Crippen molar-refractivity contribution in [1.29, 1.82) is 0 Å². The topological polar surface area (TPSA) is 112 Å². The third kappa shape index (κ3) is 4.17. The van der Waals surface area contributed by atoms with Gasteiger partial charge in [-0.1, -0.05) is 18.2 Å². The van der Waals surface area contributed by atoms with E-state index in [-0.39, 0.29) is 11.7 Å². The molecule has 0 spiro atoms. The molecule has 0 atom stereocenters. The average molecular weight is 504 g/mol. The van der Waals surface area contributed by atoms with Crippen LogP contribution in [0, 0.1) is 11.7 Å². The molecule has 8 nitrogen and oxygen atoms in total. The summed E-state index contributed by atoms with van der Waals surface area (Å²) >= 11 is 0. The second kappa shape index (κ2) is 8.88. The summed E-state index contributed by atoms with van der Waals surface area (Å²) in [5.41, 5.74) is 6.85. The van der Waals surface area contributed by atoms with Gasteiger partial charge in [0.25, 0.3) is 0 Å². The summed E-state index contributed by atoms with van der Waals surface area (Å²) in [4.78, 5) is 29.1.